The molecule has 5 rings (SSSR count). The summed E-state index contributed by atoms with van der Waals surface area (Å²) in [6.07, 6.45) is 3.44. The van der Waals surface area contributed by atoms with Crippen molar-refractivity contribution < 1.29 is 14.3 Å². The topological polar surface area (TPSA) is 114 Å². The number of H-pyrrole nitrogens is 1. The first-order chi connectivity index (χ1) is 16.0. The molecular formula is C25H23N5O3. The molecular weight excluding hydrogens is 418 g/mol. The van der Waals surface area contributed by atoms with Crippen LogP contribution >= 0.6 is 0 Å². The largest absolute Gasteiger partial charge is 0.456 e. The third kappa shape index (κ3) is 3.91. The van der Waals surface area contributed by atoms with Gasteiger partial charge >= 0.3 is 0 Å². The number of nitrogens with zero attached hydrogens (tertiary/aromatic N) is 3. The van der Waals surface area contributed by atoms with E-state index in [1.54, 1.807) is 37.4 Å². The Balaban J connectivity index is 1.65. The first kappa shape index (κ1) is 20.7. The van der Waals surface area contributed by atoms with Gasteiger partial charge < -0.3 is 20.4 Å². The average molecular weight is 441 g/mol. The number of amides is 2. The van der Waals surface area contributed by atoms with Crippen molar-refractivity contribution >= 4 is 22.8 Å². The summed E-state index contributed by atoms with van der Waals surface area (Å²) in [6.45, 7) is 2.27. The van der Waals surface area contributed by atoms with Crippen LogP contribution in [0.15, 0.2) is 60.8 Å². The Hall–Kier alpha value is -4.20. The molecule has 1 aliphatic rings. The van der Waals surface area contributed by atoms with Crippen LogP contribution in [0.3, 0.4) is 0 Å². The number of pyridine rings is 1. The number of primary amides is 1. The van der Waals surface area contributed by atoms with Gasteiger partial charge in [-0.1, -0.05) is 18.2 Å². The number of carbonyl (C=O) groups is 2. The van der Waals surface area contributed by atoms with Gasteiger partial charge in [-0.05, 0) is 43.2 Å². The zero-order valence-corrected chi connectivity index (χ0v) is 18.1. The zero-order chi connectivity index (χ0) is 22.9. The maximum absolute atomic E-state index is 12.3. The van der Waals surface area contributed by atoms with E-state index in [-0.39, 0.29) is 17.5 Å². The standard InChI is InChI=1S/C25H23N5O3/c1-15(31)30-12-6-9-21(30)17-13-19-20(29-25(28-19)18-8-4-5-11-27-18)14-23(17)33-22-10-3-2-7-16(22)24(26)32/h2-5,7-8,10-11,13-14,21H,6,9,12H2,1H3,(H2,26,32)(H,28,29). The van der Waals surface area contributed by atoms with Gasteiger partial charge in [0, 0.05) is 31.3 Å². The Morgan fingerprint density at radius 1 is 1.12 bits per heavy atom. The number of carbonyl (C=O) groups excluding carboxylic acids is 2. The summed E-state index contributed by atoms with van der Waals surface area (Å²) in [4.78, 5) is 38.5. The predicted octanol–water partition coefficient (Wildman–Crippen LogP) is 4.20. The average Bonchev–Trinajstić information content (AvgIpc) is 3.46. The van der Waals surface area contributed by atoms with E-state index >= 15 is 0 Å². The highest BCUT2D eigenvalue weighted by atomic mass is 16.5. The number of hydrogen-bond donors (Lipinski definition) is 2. The number of ether oxygens (including phenoxy) is 1. The molecule has 1 fully saturated rings. The Bertz CT molecular complexity index is 1350. The highest BCUT2D eigenvalue weighted by Crippen LogP contribution is 2.41. The van der Waals surface area contributed by atoms with Crippen LogP contribution in [0.5, 0.6) is 11.5 Å². The van der Waals surface area contributed by atoms with E-state index < -0.39 is 5.91 Å². The normalized spacial score (nSPS) is 15.7. The summed E-state index contributed by atoms with van der Waals surface area (Å²) in [7, 11) is 0. The summed E-state index contributed by atoms with van der Waals surface area (Å²) in [5.41, 5.74) is 8.93. The van der Waals surface area contributed by atoms with Crippen LogP contribution in [-0.2, 0) is 4.79 Å². The third-order valence-corrected chi connectivity index (χ3v) is 5.91. The first-order valence-corrected chi connectivity index (χ1v) is 10.8. The number of aromatic amines is 1. The van der Waals surface area contributed by atoms with Crippen LogP contribution in [0.25, 0.3) is 22.6 Å². The fourth-order valence-electron chi connectivity index (χ4n) is 4.37. The van der Waals surface area contributed by atoms with E-state index in [0.29, 0.717) is 29.4 Å². The summed E-state index contributed by atoms with van der Waals surface area (Å²) in [6, 6.07) is 16.2. The first-order valence-electron chi connectivity index (χ1n) is 10.8. The molecule has 3 N–H and O–H groups in total. The van der Waals surface area contributed by atoms with Gasteiger partial charge in [0.1, 0.15) is 17.2 Å². The summed E-state index contributed by atoms with van der Waals surface area (Å²) < 4.78 is 6.26. The quantitative estimate of drug-likeness (QED) is 0.482. The predicted molar refractivity (Wildman–Crippen MR) is 124 cm³/mol. The van der Waals surface area contributed by atoms with Gasteiger partial charge in [0.15, 0.2) is 5.82 Å². The molecule has 1 aliphatic heterocycles. The van der Waals surface area contributed by atoms with Crippen LogP contribution in [0, 0.1) is 0 Å². The molecule has 0 aliphatic carbocycles. The van der Waals surface area contributed by atoms with Gasteiger partial charge in [-0.15, -0.1) is 0 Å². The number of hydrogen-bond acceptors (Lipinski definition) is 5. The minimum absolute atomic E-state index is 0.0138. The number of likely N-dealkylation sites (tertiary alicyclic amines) is 1. The molecule has 4 aromatic rings. The Labute approximate surface area is 190 Å². The maximum Gasteiger partial charge on any atom is 0.252 e. The smallest absolute Gasteiger partial charge is 0.252 e. The molecule has 0 radical (unpaired) electrons. The van der Waals surface area contributed by atoms with E-state index in [1.807, 2.05) is 35.2 Å². The molecule has 8 nitrogen and oxygen atoms in total. The van der Waals surface area contributed by atoms with E-state index in [0.717, 1.165) is 29.6 Å². The number of rotatable bonds is 5. The van der Waals surface area contributed by atoms with Gasteiger partial charge in [-0.3, -0.25) is 14.6 Å². The van der Waals surface area contributed by atoms with Gasteiger partial charge in [-0.2, -0.15) is 0 Å². The van der Waals surface area contributed by atoms with Gasteiger partial charge in [0.2, 0.25) is 5.91 Å². The van der Waals surface area contributed by atoms with E-state index in [2.05, 4.69) is 9.97 Å². The lowest BCUT2D eigenvalue weighted by Crippen LogP contribution is -2.28. The number of para-hydroxylation sites is 1. The summed E-state index contributed by atoms with van der Waals surface area (Å²) >= 11 is 0. The molecule has 3 heterocycles. The van der Waals surface area contributed by atoms with Gasteiger partial charge in [0.25, 0.3) is 5.91 Å². The van der Waals surface area contributed by atoms with Crippen molar-refractivity contribution in [1.29, 1.82) is 0 Å². The van der Waals surface area contributed by atoms with Crippen molar-refractivity contribution in [2.45, 2.75) is 25.8 Å². The number of imidazole rings is 1. The maximum atomic E-state index is 12.3. The molecule has 0 spiro atoms. The lowest BCUT2D eigenvalue weighted by molar-refractivity contribution is -0.129. The molecule has 8 heteroatoms. The van der Waals surface area contributed by atoms with E-state index in [1.165, 1.54) is 0 Å². The lowest BCUT2D eigenvalue weighted by Gasteiger charge is -2.25. The molecule has 1 unspecified atom stereocenters. The second kappa shape index (κ2) is 8.38. The van der Waals surface area contributed by atoms with Gasteiger partial charge in [-0.25, -0.2) is 4.98 Å². The van der Waals surface area contributed by atoms with Crippen molar-refractivity contribution in [2.75, 3.05) is 6.54 Å². The highest BCUT2D eigenvalue weighted by Gasteiger charge is 2.31. The minimum atomic E-state index is -0.573. The van der Waals surface area contributed by atoms with Crippen molar-refractivity contribution in [3.8, 4) is 23.0 Å². The number of benzene rings is 2. The van der Waals surface area contributed by atoms with Crippen LogP contribution in [0.2, 0.25) is 0 Å². The fraction of sp³-hybridized carbons (Fsp3) is 0.200. The molecule has 1 atom stereocenters. The molecule has 2 aromatic heterocycles. The zero-order valence-electron chi connectivity index (χ0n) is 18.1. The van der Waals surface area contributed by atoms with Crippen LogP contribution in [0.4, 0.5) is 0 Å². The van der Waals surface area contributed by atoms with Crippen molar-refractivity contribution in [1.82, 2.24) is 19.9 Å². The second-order valence-corrected chi connectivity index (χ2v) is 8.04. The highest BCUT2D eigenvalue weighted by molar-refractivity contribution is 5.95. The molecule has 2 aromatic carbocycles. The van der Waals surface area contributed by atoms with Crippen molar-refractivity contribution in [3.63, 3.8) is 0 Å². The Kier molecular flexibility index (Phi) is 5.26. The third-order valence-electron chi connectivity index (χ3n) is 5.91. The lowest BCUT2D eigenvalue weighted by atomic mass is 10.0. The fourth-order valence-corrected chi connectivity index (χ4v) is 4.37. The number of fused-ring (bicyclic) bond motifs is 1. The summed E-state index contributed by atoms with van der Waals surface area (Å²) in [5.74, 6) is 0.976. The monoisotopic (exact) mass is 441 g/mol. The number of aromatic nitrogens is 3. The molecule has 0 saturated carbocycles. The molecule has 1 saturated heterocycles. The minimum Gasteiger partial charge on any atom is -0.456 e. The van der Waals surface area contributed by atoms with Crippen molar-refractivity contribution in [2.24, 2.45) is 5.73 Å². The van der Waals surface area contributed by atoms with Gasteiger partial charge in [0.05, 0.1) is 22.6 Å². The van der Waals surface area contributed by atoms with E-state index in [9.17, 15) is 9.59 Å². The number of nitrogens with one attached hydrogen (secondary N) is 1. The van der Waals surface area contributed by atoms with Crippen molar-refractivity contribution in [3.05, 3.63) is 71.9 Å². The molecule has 166 valence electrons. The molecule has 2 amide bonds. The SMILES string of the molecule is CC(=O)N1CCCC1c1cc2[nH]c(-c3ccccn3)nc2cc1Oc1ccccc1C(N)=O. The van der Waals surface area contributed by atoms with Crippen LogP contribution in [-0.4, -0.2) is 38.2 Å². The Morgan fingerprint density at radius 2 is 1.94 bits per heavy atom. The molecule has 33 heavy (non-hydrogen) atoms. The summed E-state index contributed by atoms with van der Waals surface area (Å²) in [5, 5.41) is 0. The van der Waals surface area contributed by atoms with E-state index in [4.69, 9.17) is 15.5 Å². The van der Waals surface area contributed by atoms with Crippen LogP contribution in [0.1, 0.15) is 41.7 Å². The molecule has 0 bridgehead atoms. The second-order valence-electron chi connectivity index (χ2n) is 8.04. The van der Waals surface area contributed by atoms with Crippen LogP contribution < -0.4 is 10.5 Å². The number of nitrogens with two attached hydrogens (primary N) is 1. The Morgan fingerprint density at radius 3 is 2.70 bits per heavy atom.